The Bertz CT molecular complexity index is 1350. The van der Waals surface area contributed by atoms with Crippen molar-refractivity contribution in [3.63, 3.8) is 0 Å². The number of hydrogen-bond donors (Lipinski definition) is 1. The minimum absolute atomic E-state index is 0.102. The lowest BCUT2D eigenvalue weighted by atomic mass is 9.78. The van der Waals surface area contributed by atoms with Crippen LogP contribution in [-0.2, 0) is 25.0 Å². The Morgan fingerprint density at radius 2 is 1.95 bits per heavy atom. The predicted molar refractivity (Wildman–Crippen MR) is 142 cm³/mol. The van der Waals surface area contributed by atoms with Crippen molar-refractivity contribution in [2.45, 2.75) is 69.6 Å². The van der Waals surface area contributed by atoms with E-state index in [0.29, 0.717) is 31.5 Å². The number of thiazole rings is 1. The Morgan fingerprint density at radius 1 is 1.22 bits per heavy atom. The molecule has 2 amide bonds. The van der Waals surface area contributed by atoms with Gasteiger partial charge in [-0.25, -0.2) is 18.4 Å². The molecule has 0 spiro atoms. The number of carbonyl (C=O) groups is 2. The predicted octanol–water partition coefficient (Wildman–Crippen LogP) is 2.52. The highest BCUT2D eigenvalue weighted by Gasteiger charge is 2.49. The van der Waals surface area contributed by atoms with Gasteiger partial charge in [0.05, 0.1) is 39.9 Å². The van der Waals surface area contributed by atoms with Gasteiger partial charge in [-0.3, -0.25) is 9.59 Å². The number of aliphatic hydroxyl groups is 1. The zero-order valence-electron chi connectivity index (χ0n) is 21.3. The van der Waals surface area contributed by atoms with Crippen LogP contribution < -0.4 is 0 Å². The number of rotatable bonds is 5. The fraction of sp³-hybridized carbons (Fsp3) is 0.538. The van der Waals surface area contributed by atoms with Gasteiger partial charge in [0.1, 0.15) is 6.04 Å². The first-order valence-electron chi connectivity index (χ1n) is 12.6. The second-order valence-corrected chi connectivity index (χ2v) is 13.3. The fourth-order valence-electron chi connectivity index (χ4n) is 5.83. The highest BCUT2D eigenvalue weighted by Crippen LogP contribution is 2.39. The van der Waals surface area contributed by atoms with Crippen LogP contribution >= 0.6 is 11.3 Å². The third-order valence-electron chi connectivity index (χ3n) is 7.89. The number of nitrogens with zero attached hydrogens (tertiary/aromatic N) is 4. The standard InChI is InChI=1S/C26H32N4O5S2/c1-16-23(36-15-27-16)17-7-9-18(10-8-17)26(2)13-20(28-25(26)33)22-12-19(31)14-29(22)24(32)21-6-4-5-11-30(21)37(3,34)35/h7-10,15,19,21-22,31H,4-6,11-14H2,1-3H3. The van der Waals surface area contributed by atoms with Crippen LogP contribution in [0.25, 0.3) is 10.4 Å². The summed E-state index contributed by atoms with van der Waals surface area (Å²) in [4.78, 5) is 38.2. The molecule has 0 bridgehead atoms. The van der Waals surface area contributed by atoms with Crippen LogP contribution in [0.5, 0.6) is 0 Å². The first-order chi connectivity index (χ1) is 17.5. The fourth-order valence-corrected chi connectivity index (χ4v) is 7.76. The molecule has 9 nitrogen and oxygen atoms in total. The highest BCUT2D eigenvalue weighted by atomic mass is 32.2. The number of amides is 2. The molecule has 11 heteroatoms. The van der Waals surface area contributed by atoms with Crippen molar-refractivity contribution in [1.29, 1.82) is 0 Å². The SMILES string of the molecule is Cc1ncsc1-c1ccc(C2(C)CC(C3CC(O)CN3C(=O)C3CCCCN3S(C)(=O)=O)=NC2=O)cc1. The van der Waals surface area contributed by atoms with E-state index in [2.05, 4.69) is 9.98 Å². The molecule has 37 heavy (non-hydrogen) atoms. The van der Waals surface area contributed by atoms with E-state index < -0.39 is 33.6 Å². The first-order valence-corrected chi connectivity index (χ1v) is 15.3. The summed E-state index contributed by atoms with van der Waals surface area (Å²) in [6.07, 6.45) is 2.91. The highest BCUT2D eigenvalue weighted by molar-refractivity contribution is 7.88. The van der Waals surface area contributed by atoms with Gasteiger partial charge in [-0.2, -0.15) is 4.31 Å². The maximum atomic E-state index is 13.6. The van der Waals surface area contributed by atoms with Gasteiger partial charge in [0.2, 0.25) is 15.9 Å². The number of aryl methyl sites for hydroxylation is 1. The molecule has 0 radical (unpaired) electrons. The summed E-state index contributed by atoms with van der Waals surface area (Å²) in [7, 11) is -3.55. The molecular formula is C26H32N4O5S2. The molecule has 0 saturated carbocycles. The number of β-amino-alcohol motifs (C(OH)–C–C–N with tert-alkyl or cyclic N) is 1. The van der Waals surface area contributed by atoms with Gasteiger partial charge >= 0.3 is 0 Å². The Kier molecular flexibility index (Phi) is 6.84. The number of aliphatic hydroxyl groups excluding tert-OH is 1. The number of likely N-dealkylation sites (tertiary alicyclic amines) is 1. The minimum atomic E-state index is -3.55. The molecule has 1 N–H and O–H groups in total. The minimum Gasteiger partial charge on any atom is -0.391 e. The van der Waals surface area contributed by atoms with E-state index >= 15 is 0 Å². The van der Waals surface area contributed by atoms with Gasteiger partial charge in [0.25, 0.3) is 5.91 Å². The molecule has 198 valence electrons. The van der Waals surface area contributed by atoms with Gasteiger partial charge in [-0.05, 0) is 37.8 Å². The van der Waals surface area contributed by atoms with Gasteiger partial charge in [-0.15, -0.1) is 11.3 Å². The van der Waals surface area contributed by atoms with E-state index in [9.17, 15) is 23.1 Å². The van der Waals surface area contributed by atoms with Gasteiger partial charge in [0.15, 0.2) is 0 Å². The molecular weight excluding hydrogens is 512 g/mol. The summed E-state index contributed by atoms with van der Waals surface area (Å²) in [5, 5.41) is 10.5. The molecule has 0 aliphatic carbocycles. The number of sulfonamides is 1. The Morgan fingerprint density at radius 3 is 2.59 bits per heavy atom. The summed E-state index contributed by atoms with van der Waals surface area (Å²) in [6.45, 7) is 4.24. The van der Waals surface area contributed by atoms with Crippen molar-refractivity contribution in [3.8, 4) is 10.4 Å². The largest absolute Gasteiger partial charge is 0.391 e. The molecule has 3 aliphatic heterocycles. The first kappa shape index (κ1) is 26.1. The van der Waals surface area contributed by atoms with Crippen LogP contribution in [0.15, 0.2) is 34.8 Å². The summed E-state index contributed by atoms with van der Waals surface area (Å²) in [5.41, 5.74) is 4.35. The molecule has 2 fully saturated rings. The van der Waals surface area contributed by atoms with E-state index in [-0.39, 0.29) is 24.8 Å². The Hall–Kier alpha value is -2.47. The molecule has 4 atom stereocenters. The number of carbonyl (C=O) groups excluding carboxylic acids is 2. The van der Waals surface area contributed by atoms with Crippen LogP contribution in [0.3, 0.4) is 0 Å². The van der Waals surface area contributed by atoms with Crippen LogP contribution in [0.4, 0.5) is 0 Å². The molecule has 2 aromatic rings. The summed E-state index contributed by atoms with van der Waals surface area (Å²) < 4.78 is 26.0. The van der Waals surface area contributed by atoms with E-state index in [1.807, 2.05) is 43.6 Å². The van der Waals surface area contributed by atoms with E-state index in [1.165, 1.54) is 4.31 Å². The lowest BCUT2D eigenvalue weighted by Crippen LogP contribution is -2.54. The maximum absolute atomic E-state index is 13.6. The van der Waals surface area contributed by atoms with Crippen molar-refractivity contribution in [2.24, 2.45) is 4.99 Å². The summed E-state index contributed by atoms with van der Waals surface area (Å²) in [5.74, 6) is -0.590. The van der Waals surface area contributed by atoms with E-state index in [1.54, 1.807) is 16.2 Å². The number of aromatic nitrogens is 1. The van der Waals surface area contributed by atoms with Gasteiger partial charge in [-0.1, -0.05) is 30.7 Å². The number of aliphatic imine (C=N–C) groups is 1. The van der Waals surface area contributed by atoms with Crippen LogP contribution in [0, 0.1) is 6.92 Å². The van der Waals surface area contributed by atoms with Crippen molar-refractivity contribution < 1.29 is 23.1 Å². The summed E-state index contributed by atoms with van der Waals surface area (Å²) >= 11 is 1.57. The van der Waals surface area contributed by atoms with Crippen molar-refractivity contribution in [2.75, 3.05) is 19.3 Å². The molecule has 1 aromatic heterocycles. The number of benzene rings is 1. The molecule has 2 saturated heterocycles. The zero-order chi connectivity index (χ0) is 26.5. The topological polar surface area (TPSA) is 120 Å². The average molecular weight is 545 g/mol. The third kappa shape index (κ3) is 4.78. The normalized spacial score (nSPS) is 29.1. The lowest BCUT2D eigenvalue weighted by molar-refractivity contribution is -0.136. The monoisotopic (exact) mass is 544 g/mol. The van der Waals surface area contributed by atoms with Crippen LogP contribution in [0.1, 0.15) is 50.3 Å². The second kappa shape index (κ2) is 9.68. The smallest absolute Gasteiger partial charge is 0.256 e. The molecule has 4 heterocycles. The number of hydrogen-bond acceptors (Lipinski definition) is 7. The lowest BCUT2D eigenvalue weighted by Gasteiger charge is -2.36. The van der Waals surface area contributed by atoms with Crippen LogP contribution in [-0.4, -0.2) is 82.8 Å². The second-order valence-electron chi connectivity index (χ2n) is 10.5. The van der Waals surface area contributed by atoms with Crippen molar-refractivity contribution in [3.05, 3.63) is 41.0 Å². The average Bonchev–Trinajstić information content (AvgIpc) is 3.55. The molecule has 1 aromatic carbocycles. The summed E-state index contributed by atoms with van der Waals surface area (Å²) in [6, 6.07) is 6.56. The third-order valence-corrected chi connectivity index (χ3v) is 10.2. The van der Waals surface area contributed by atoms with E-state index in [0.717, 1.165) is 34.4 Å². The maximum Gasteiger partial charge on any atom is 0.256 e. The molecule has 3 aliphatic rings. The van der Waals surface area contributed by atoms with Crippen molar-refractivity contribution in [1.82, 2.24) is 14.2 Å². The van der Waals surface area contributed by atoms with Crippen LogP contribution in [0.2, 0.25) is 0 Å². The molecule has 4 unspecified atom stereocenters. The Labute approximate surface area is 221 Å². The zero-order valence-corrected chi connectivity index (χ0v) is 22.9. The van der Waals surface area contributed by atoms with E-state index in [4.69, 9.17) is 0 Å². The number of piperidine rings is 1. The quantitative estimate of drug-likeness (QED) is 0.618. The van der Waals surface area contributed by atoms with Gasteiger partial charge < -0.3 is 10.0 Å². The molecule has 5 rings (SSSR count). The Balaban J connectivity index is 1.38. The van der Waals surface area contributed by atoms with Gasteiger partial charge in [0, 0.05) is 31.6 Å². The van der Waals surface area contributed by atoms with Crippen molar-refractivity contribution >= 4 is 38.9 Å².